The number of hydrogen-bond acceptors (Lipinski definition) is 8. The molecule has 1 saturated heterocycles. The van der Waals surface area contributed by atoms with Crippen LogP contribution in [-0.4, -0.2) is 34.4 Å². The van der Waals surface area contributed by atoms with Crippen molar-refractivity contribution < 1.29 is 18.9 Å². The van der Waals surface area contributed by atoms with Gasteiger partial charge in [-0.1, -0.05) is 91.0 Å². The van der Waals surface area contributed by atoms with Crippen LogP contribution in [0.25, 0.3) is 10.9 Å². The molecule has 3 heterocycles. The number of aromatic nitrogens is 2. The van der Waals surface area contributed by atoms with Gasteiger partial charge in [-0.2, -0.15) is 0 Å². The molecule has 1 fully saturated rings. The van der Waals surface area contributed by atoms with Crippen LogP contribution in [-0.2, 0) is 38.8 Å². The second kappa shape index (κ2) is 12.6. The Labute approximate surface area is 248 Å². The third-order valence-electron chi connectivity index (χ3n) is 7.54. The van der Waals surface area contributed by atoms with Gasteiger partial charge in [-0.15, -0.1) is 11.3 Å². The highest BCUT2D eigenvalue weighted by Gasteiger charge is 2.57. The van der Waals surface area contributed by atoms with Gasteiger partial charge in [0.1, 0.15) is 23.9 Å². The predicted octanol–water partition coefficient (Wildman–Crippen LogP) is 5.78. The third-order valence-corrected chi connectivity index (χ3v) is 8.56. The lowest BCUT2D eigenvalue weighted by atomic mass is 9.90. The van der Waals surface area contributed by atoms with Gasteiger partial charge in [-0.05, 0) is 23.6 Å². The Hall–Kier alpha value is -3.86. The summed E-state index contributed by atoms with van der Waals surface area (Å²) in [5, 5.41) is 2.25. The van der Waals surface area contributed by atoms with Gasteiger partial charge in [0, 0.05) is 5.38 Å². The van der Waals surface area contributed by atoms with Crippen LogP contribution in [0.15, 0.2) is 101 Å². The van der Waals surface area contributed by atoms with E-state index in [-0.39, 0.29) is 18.1 Å². The van der Waals surface area contributed by atoms with Crippen LogP contribution in [0.1, 0.15) is 34.6 Å². The van der Waals surface area contributed by atoms with E-state index in [9.17, 15) is 4.79 Å². The Morgan fingerprint density at radius 1 is 0.905 bits per heavy atom. The van der Waals surface area contributed by atoms with E-state index in [0.29, 0.717) is 30.7 Å². The van der Waals surface area contributed by atoms with Gasteiger partial charge in [-0.25, -0.2) is 4.98 Å². The predicted molar refractivity (Wildman–Crippen MR) is 163 cm³/mol. The summed E-state index contributed by atoms with van der Waals surface area (Å²) >= 11 is 1.41. The van der Waals surface area contributed by atoms with Crippen LogP contribution in [0.4, 0.5) is 5.95 Å². The summed E-state index contributed by atoms with van der Waals surface area (Å²) in [6.45, 7) is 3.45. The molecule has 4 unspecified atom stereocenters. The van der Waals surface area contributed by atoms with Crippen LogP contribution in [0.3, 0.4) is 0 Å². The van der Waals surface area contributed by atoms with Gasteiger partial charge in [0.25, 0.3) is 5.56 Å². The molecule has 0 spiro atoms. The number of benzene rings is 3. The average molecular weight is 584 g/mol. The highest BCUT2D eigenvalue weighted by Crippen LogP contribution is 2.49. The molecule has 1 aliphatic rings. The Kier molecular flexibility index (Phi) is 8.46. The fourth-order valence-electron chi connectivity index (χ4n) is 5.38. The fourth-order valence-corrected chi connectivity index (χ4v) is 6.52. The first-order valence-corrected chi connectivity index (χ1v) is 14.8. The topological polar surface area (TPSA) is 109 Å². The molecule has 9 heteroatoms. The van der Waals surface area contributed by atoms with Gasteiger partial charge in [0.15, 0.2) is 0 Å². The van der Waals surface area contributed by atoms with E-state index in [2.05, 4.69) is 9.97 Å². The Balaban J connectivity index is 1.36. The SMILES string of the molecule is CC1(OCc2ccccc2)C(c2scc3c(=O)[nH]c(N)nc23)OC(COCc2ccccc2)C1OCc1ccccc1. The molecule has 3 N–H and O–H groups in total. The molecular formula is C33H33N3O5S. The Bertz CT molecular complexity index is 1660. The highest BCUT2D eigenvalue weighted by molar-refractivity contribution is 7.11. The van der Waals surface area contributed by atoms with Gasteiger partial charge in [-0.3, -0.25) is 9.78 Å². The number of anilines is 1. The summed E-state index contributed by atoms with van der Waals surface area (Å²) in [6.07, 6.45) is -1.55. The minimum Gasteiger partial charge on any atom is -0.374 e. The lowest BCUT2D eigenvalue weighted by molar-refractivity contribution is -0.147. The number of aromatic amines is 1. The van der Waals surface area contributed by atoms with Crippen LogP contribution in [0.5, 0.6) is 0 Å². The lowest BCUT2D eigenvalue weighted by Gasteiger charge is -2.35. The number of fused-ring (bicyclic) bond motifs is 1. The molecule has 0 bridgehead atoms. The fraction of sp³-hybridized carbons (Fsp3) is 0.273. The molecule has 42 heavy (non-hydrogen) atoms. The molecule has 0 amide bonds. The van der Waals surface area contributed by atoms with Crippen molar-refractivity contribution in [1.82, 2.24) is 9.97 Å². The minimum atomic E-state index is -0.956. The summed E-state index contributed by atoms with van der Waals surface area (Å²) < 4.78 is 26.4. The number of nitrogens with two attached hydrogens (primary N) is 1. The molecular weight excluding hydrogens is 550 g/mol. The first-order valence-electron chi connectivity index (χ1n) is 13.9. The minimum absolute atomic E-state index is 0.0525. The monoisotopic (exact) mass is 583 g/mol. The zero-order valence-electron chi connectivity index (χ0n) is 23.3. The van der Waals surface area contributed by atoms with Gasteiger partial charge >= 0.3 is 0 Å². The number of H-pyrrole nitrogens is 1. The quantitative estimate of drug-likeness (QED) is 0.203. The number of nitrogen functional groups attached to an aromatic ring is 1. The van der Waals surface area contributed by atoms with Crippen molar-refractivity contribution in [3.8, 4) is 0 Å². The summed E-state index contributed by atoms with van der Waals surface area (Å²) in [4.78, 5) is 20.5. The van der Waals surface area contributed by atoms with Crippen LogP contribution in [0.2, 0.25) is 0 Å². The van der Waals surface area contributed by atoms with E-state index in [0.717, 1.165) is 21.6 Å². The molecule has 216 valence electrons. The molecule has 5 aromatic rings. The first-order chi connectivity index (χ1) is 20.5. The van der Waals surface area contributed by atoms with Gasteiger partial charge < -0.3 is 24.7 Å². The van der Waals surface area contributed by atoms with E-state index in [1.165, 1.54) is 11.3 Å². The van der Waals surface area contributed by atoms with Crippen LogP contribution in [0, 0.1) is 0 Å². The van der Waals surface area contributed by atoms with Crippen molar-refractivity contribution in [3.05, 3.63) is 128 Å². The van der Waals surface area contributed by atoms with Crippen molar-refractivity contribution in [1.29, 1.82) is 0 Å². The second-order valence-corrected chi connectivity index (χ2v) is 11.5. The van der Waals surface area contributed by atoms with Crippen molar-refractivity contribution in [2.24, 2.45) is 0 Å². The maximum absolute atomic E-state index is 12.7. The lowest BCUT2D eigenvalue weighted by Crippen LogP contribution is -2.47. The molecule has 6 rings (SSSR count). The summed E-state index contributed by atoms with van der Waals surface area (Å²) in [5.41, 5.74) is 8.36. The Morgan fingerprint density at radius 3 is 2.14 bits per heavy atom. The molecule has 0 saturated carbocycles. The number of hydrogen-bond donors (Lipinski definition) is 2. The molecule has 3 aromatic carbocycles. The van der Waals surface area contributed by atoms with Crippen molar-refractivity contribution >= 4 is 28.2 Å². The normalized spacial score (nSPS) is 22.1. The number of rotatable bonds is 11. The van der Waals surface area contributed by atoms with Crippen molar-refractivity contribution in [2.75, 3.05) is 12.3 Å². The molecule has 0 aliphatic carbocycles. The van der Waals surface area contributed by atoms with E-state index in [4.69, 9.17) is 24.7 Å². The molecule has 1 aliphatic heterocycles. The standard InChI is InChI=1S/C33H33N3O5S/c1-33(40-19-24-15-9-4-10-16-24)29(39-18-23-13-7-3-8-14-23)26(20-38-17-22-11-5-2-6-12-22)41-30(33)28-27-25(21-42-28)31(37)36-32(34)35-27/h2-16,21,26,29-30H,17-20H2,1H3,(H3,34,35,36,37). The van der Waals surface area contributed by atoms with E-state index < -0.39 is 23.9 Å². The van der Waals surface area contributed by atoms with E-state index >= 15 is 0 Å². The number of nitrogens with zero attached hydrogens (tertiary/aromatic N) is 1. The van der Waals surface area contributed by atoms with Crippen LogP contribution >= 0.6 is 11.3 Å². The van der Waals surface area contributed by atoms with E-state index in [1.54, 1.807) is 5.38 Å². The first kappa shape index (κ1) is 28.3. The van der Waals surface area contributed by atoms with Crippen molar-refractivity contribution in [3.63, 3.8) is 0 Å². The van der Waals surface area contributed by atoms with E-state index in [1.807, 2.05) is 97.9 Å². The number of ether oxygens (including phenoxy) is 4. The zero-order chi connectivity index (χ0) is 28.9. The van der Waals surface area contributed by atoms with Crippen LogP contribution < -0.4 is 11.3 Å². The maximum Gasteiger partial charge on any atom is 0.261 e. The van der Waals surface area contributed by atoms with Gasteiger partial charge in [0.2, 0.25) is 5.95 Å². The molecule has 2 aromatic heterocycles. The second-order valence-electron chi connectivity index (χ2n) is 10.5. The Morgan fingerprint density at radius 2 is 1.50 bits per heavy atom. The highest BCUT2D eigenvalue weighted by atomic mass is 32.1. The third kappa shape index (κ3) is 6.01. The average Bonchev–Trinajstić information content (AvgIpc) is 3.55. The zero-order valence-corrected chi connectivity index (χ0v) is 24.1. The molecule has 0 radical (unpaired) electrons. The largest absolute Gasteiger partial charge is 0.374 e. The summed E-state index contributed by atoms with van der Waals surface area (Å²) in [6, 6.07) is 30.0. The molecule has 8 nitrogen and oxygen atoms in total. The number of nitrogens with one attached hydrogen (secondary N) is 1. The van der Waals surface area contributed by atoms with Crippen molar-refractivity contribution in [2.45, 2.75) is 50.7 Å². The van der Waals surface area contributed by atoms with Gasteiger partial charge in [0.05, 0.1) is 42.2 Å². The maximum atomic E-state index is 12.7. The number of thiophene rings is 1. The summed E-state index contributed by atoms with van der Waals surface area (Å²) in [7, 11) is 0. The smallest absolute Gasteiger partial charge is 0.261 e. The molecule has 4 atom stereocenters. The summed E-state index contributed by atoms with van der Waals surface area (Å²) in [5.74, 6) is 0.0525.